The lowest BCUT2D eigenvalue weighted by Crippen LogP contribution is -1.95. The first-order chi connectivity index (χ1) is 59.4. The zero-order chi connectivity index (χ0) is 79.9. The quantitative estimate of drug-likeness (QED) is 0.137. The molecule has 0 aliphatic heterocycles. The van der Waals surface area contributed by atoms with E-state index < -0.39 is 0 Å². The second kappa shape index (κ2) is 28.8. The lowest BCUT2D eigenvalue weighted by atomic mass is 9.97. The van der Waals surface area contributed by atoms with Crippen molar-refractivity contribution >= 4 is 131 Å². The van der Waals surface area contributed by atoms with Gasteiger partial charge in [-0.25, -0.2) is 9.97 Å². The fourth-order valence-electron chi connectivity index (χ4n) is 17.8. The molecule has 0 N–H and O–H groups in total. The van der Waals surface area contributed by atoms with Crippen molar-refractivity contribution in [2.45, 2.75) is 0 Å². The molecule has 0 saturated carbocycles. The molecular weight excluding hydrogens is 1470 g/mol. The van der Waals surface area contributed by atoms with Gasteiger partial charge in [0.25, 0.3) is 0 Å². The summed E-state index contributed by atoms with van der Waals surface area (Å²) in [5, 5.41) is 41.9. The second-order valence-corrected chi connectivity index (χ2v) is 29.8. The number of hydrogen-bond donors (Lipinski definition) is 0. The Morgan fingerprint density at radius 3 is 1.09 bits per heavy atom. The van der Waals surface area contributed by atoms with E-state index in [-0.39, 0.29) is 0 Å². The van der Waals surface area contributed by atoms with Crippen LogP contribution >= 0.6 is 0 Å². The molecule has 0 amide bonds. The number of aromatic nitrogens is 6. The van der Waals surface area contributed by atoms with Gasteiger partial charge in [0.1, 0.15) is 63.1 Å². The van der Waals surface area contributed by atoms with Gasteiger partial charge in [0.05, 0.1) is 60.5 Å². The van der Waals surface area contributed by atoms with E-state index in [0.717, 1.165) is 210 Å². The first-order valence-electron chi connectivity index (χ1n) is 39.6. The standard InChI is InChI=1S/3C36H21N3O/c37-21-26-22-38-18-17-28(26)25-9-5-7-23(19-25)24-8-6-10-27(20-24)39-32-13-3-1-12-31(32)35-33(39)16-15-30-29-11-2-4-14-34(29)40-36(30)35;37-22-27-20-26(17-18-38-27)24-8-5-7-23(19-24)25-9-6-10-28(21-25)39-32-13-3-1-12-31(32)35-33(39)16-15-30-29-11-2-4-14-34(29)40-36(30)35;37-22-24-10-8-16-31(38-24)27-13-2-1-12-26(27)23-9-7-11-25(21-23)39-32-17-5-3-15-30(32)35-33(39)20-19-29-28-14-4-6-18-34(28)40-36(29)35/h1-20,22H;2*1-21H. The molecule has 558 valence electrons. The Kier molecular flexibility index (Phi) is 16.8. The third kappa shape index (κ3) is 11.7. The monoisotopic (exact) mass is 1530 g/mol. The number of rotatable bonds is 9. The van der Waals surface area contributed by atoms with Gasteiger partial charge in [-0.2, -0.15) is 15.8 Å². The van der Waals surface area contributed by atoms with Crippen LogP contribution in [-0.4, -0.2) is 28.7 Å². The average Bonchev–Trinajstić information content (AvgIpc) is 1.57. The van der Waals surface area contributed by atoms with E-state index >= 15 is 0 Å². The van der Waals surface area contributed by atoms with Crippen LogP contribution in [0.3, 0.4) is 0 Å². The van der Waals surface area contributed by atoms with Crippen LogP contribution < -0.4 is 0 Å². The summed E-state index contributed by atoms with van der Waals surface area (Å²) in [6, 6.07) is 132. The highest BCUT2D eigenvalue weighted by Gasteiger charge is 2.24. The molecule has 12 heteroatoms. The number of nitrogens with zero attached hydrogens (tertiary/aromatic N) is 9. The second-order valence-electron chi connectivity index (χ2n) is 29.8. The average molecular weight is 1530 g/mol. The zero-order valence-corrected chi connectivity index (χ0v) is 64.1. The number of para-hydroxylation sites is 6. The molecule has 9 heterocycles. The summed E-state index contributed by atoms with van der Waals surface area (Å²) in [4.78, 5) is 12.8. The summed E-state index contributed by atoms with van der Waals surface area (Å²) in [6.45, 7) is 0. The molecule has 0 aliphatic carbocycles. The van der Waals surface area contributed by atoms with Gasteiger partial charge >= 0.3 is 0 Å². The van der Waals surface area contributed by atoms with Gasteiger partial charge in [-0.15, -0.1) is 0 Å². The summed E-state index contributed by atoms with van der Waals surface area (Å²) in [6.07, 6.45) is 5.02. The van der Waals surface area contributed by atoms with Gasteiger partial charge in [-0.3, -0.25) is 4.98 Å². The molecular formula is C108H63N9O3. The SMILES string of the molecule is N#Cc1cc(-c2cccc(-c3cccc(-n4c5ccccc5c5c6oc7ccccc7c6ccc54)c3)c2)ccn1.N#Cc1cccc(-c2ccccc2-c2cccc(-n3c4ccccc4c4c5oc6ccccc6c5ccc43)c2)n1.N#Cc1cnccc1-c1cccc(-c2cccc(-n3c4ccccc4c4c5oc6ccccc6c5ccc43)c2)c1. The molecule has 24 aromatic rings. The van der Waals surface area contributed by atoms with E-state index in [1.165, 1.54) is 5.39 Å². The minimum Gasteiger partial charge on any atom is -0.455 e. The van der Waals surface area contributed by atoms with E-state index in [1.54, 1.807) is 24.7 Å². The lowest BCUT2D eigenvalue weighted by Gasteiger charge is -2.13. The Morgan fingerprint density at radius 1 is 0.250 bits per heavy atom. The van der Waals surface area contributed by atoms with E-state index in [0.29, 0.717) is 17.0 Å². The van der Waals surface area contributed by atoms with E-state index in [9.17, 15) is 15.8 Å². The summed E-state index contributed by atoms with van der Waals surface area (Å²) >= 11 is 0. The van der Waals surface area contributed by atoms with E-state index in [1.807, 2.05) is 91.0 Å². The number of fused-ring (bicyclic) bond motifs is 21. The Balaban J connectivity index is 0.000000108. The summed E-state index contributed by atoms with van der Waals surface area (Å²) in [5.74, 6) is 0. The molecule has 9 aromatic heterocycles. The highest BCUT2D eigenvalue weighted by atomic mass is 16.3. The molecule has 0 atom stereocenters. The van der Waals surface area contributed by atoms with Crippen LogP contribution in [0.4, 0.5) is 0 Å². The molecule has 12 nitrogen and oxygen atoms in total. The maximum Gasteiger partial charge on any atom is 0.145 e. The molecule has 0 unspecified atom stereocenters. The molecule has 0 aliphatic rings. The fraction of sp³-hybridized carbons (Fsp3) is 0. The van der Waals surface area contributed by atoms with Gasteiger partial charge in [0, 0.05) is 95.3 Å². The smallest absolute Gasteiger partial charge is 0.145 e. The van der Waals surface area contributed by atoms with Crippen LogP contribution in [0.2, 0.25) is 0 Å². The van der Waals surface area contributed by atoms with Crippen LogP contribution in [0.1, 0.15) is 17.0 Å². The summed E-state index contributed by atoms with van der Waals surface area (Å²) < 4.78 is 26.3. The largest absolute Gasteiger partial charge is 0.455 e. The number of benzene rings is 15. The topological polar surface area (TPSA) is 164 Å². The van der Waals surface area contributed by atoms with Crippen molar-refractivity contribution in [2.75, 3.05) is 0 Å². The number of pyridine rings is 3. The molecule has 0 radical (unpaired) electrons. The number of nitriles is 3. The fourth-order valence-corrected chi connectivity index (χ4v) is 17.8. The maximum absolute atomic E-state index is 9.59. The van der Waals surface area contributed by atoms with Crippen LogP contribution in [0.5, 0.6) is 0 Å². The predicted octanol–water partition coefficient (Wildman–Crippen LogP) is 27.9. The van der Waals surface area contributed by atoms with Crippen LogP contribution in [0.15, 0.2) is 396 Å². The molecule has 0 bridgehead atoms. The lowest BCUT2D eigenvalue weighted by molar-refractivity contribution is 0.672. The summed E-state index contributed by atoms with van der Waals surface area (Å²) in [5.41, 5.74) is 29.0. The van der Waals surface area contributed by atoms with Crippen molar-refractivity contribution < 1.29 is 13.3 Å². The third-order valence-electron chi connectivity index (χ3n) is 23.1. The highest BCUT2D eigenvalue weighted by Crippen LogP contribution is 2.46. The third-order valence-corrected chi connectivity index (χ3v) is 23.1. The van der Waals surface area contributed by atoms with Crippen molar-refractivity contribution in [1.82, 2.24) is 28.7 Å². The molecule has 24 rings (SSSR count). The molecule has 0 spiro atoms. The predicted molar refractivity (Wildman–Crippen MR) is 484 cm³/mol. The first kappa shape index (κ1) is 69.7. The maximum atomic E-state index is 9.59. The number of hydrogen-bond acceptors (Lipinski definition) is 9. The Morgan fingerprint density at radius 2 is 0.625 bits per heavy atom. The van der Waals surface area contributed by atoms with Gasteiger partial charge in [0.15, 0.2) is 0 Å². The molecule has 15 aromatic carbocycles. The number of furan rings is 3. The van der Waals surface area contributed by atoms with Crippen molar-refractivity contribution in [3.05, 3.63) is 400 Å². The Bertz CT molecular complexity index is 8460. The van der Waals surface area contributed by atoms with Crippen molar-refractivity contribution in [3.63, 3.8) is 0 Å². The van der Waals surface area contributed by atoms with Gasteiger partial charge in [0.2, 0.25) is 0 Å². The van der Waals surface area contributed by atoms with Gasteiger partial charge < -0.3 is 27.0 Å². The first-order valence-corrected chi connectivity index (χ1v) is 39.6. The summed E-state index contributed by atoms with van der Waals surface area (Å²) in [7, 11) is 0. The highest BCUT2D eigenvalue weighted by molar-refractivity contribution is 6.27. The van der Waals surface area contributed by atoms with E-state index in [4.69, 9.17) is 13.3 Å². The van der Waals surface area contributed by atoms with Gasteiger partial charge in [-0.05, 0) is 202 Å². The molecule has 0 saturated heterocycles. The van der Waals surface area contributed by atoms with E-state index in [2.05, 4.69) is 314 Å². The van der Waals surface area contributed by atoms with Crippen molar-refractivity contribution in [3.8, 4) is 102 Å². The van der Waals surface area contributed by atoms with Crippen molar-refractivity contribution in [2.24, 2.45) is 0 Å². The van der Waals surface area contributed by atoms with Crippen LogP contribution in [-0.2, 0) is 0 Å². The zero-order valence-electron chi connectivity index (χ0n) is 64.1. The van der Waals surface area contributed by atoms with Crippen LogP contribution in [0.25, 0.3) is 215 Å². The van der Waals surface area contributed by atoms with Crippen molar-refractivity contribution in [1.29, 1.82) is 15.8 Å². The molecule has 0 fully saturated rings. The minimum atomic E-state index is 0.406. The molecule has 120 heavy (non-hydrogen) atoms. The Hall–Kier alpha value is -17.0. The Labute approximate surface area is 686 Å². The minimum absolute atomic E-state index is 0.406. The van der Waals surface area contributed by atoms with Gasteiger partial charge in [-0.1, -0.05) is 212 Å². The van der Waals surface area contributed by atoms with Crippen LogP contribution in [0, 0.1) is 34.0 Å². The normalized spacial score (nSPS) is 11.5.